The molecule has 0 aliphatic carbocycles. The molecular formula is C16H13NOS. The van der Waals surface area contributed by atoms with E-state index in [1.54, 1.807) is 0 Å². The summed E-state index contributed by atoms with van der Waals surface area (Å²) in [5.41, 5.74) is 1.97. The van der Waals surface area contributed by atoms with E-state index in [1.165, 1.54) is 11.3 Å². The summed E-state index contributed by atoms with van der Waals surface area (Å²) in [6, 6.07) is 17.8. The monoisotopic (exact) mass is 267 g/mol. The third kappa shape index (κ3) is 2.51. The van der Waals surface area contributed by atoms with Crippen molar-refractivity contribution in [2.75, 3.05) is 5.32 Å². The van der Waals surface area contributed by atoms with E-state index in [1.807, 2.05) is 61.5 Å². The highest BCUT2D eigenvalue weighted by Gasteiger charge is 2.10. The minimum absolute atomic E-state index is 0.0493. The average Bonchev–Trinajstić information content (AvgIpc) is 2.82. The van der Waals surface area contributed by atoms with Crippen molar-refractivity contribution >= 4 is 33.0 Å². The zero-order valence-electron chi connectivity index (χ0n) is 10.5. The molecule has 0 bridgehead atoms. The van der Waals surface area contributed by atoms with Crippen LogP contribution in [0.15, 0.2) is 54.6 Å². The first-order valence-electron chi connectivity index (χ1n) is 6.09. The van der Waals surface area contributed by atoms with Crippen molar-refractivity contribution in [3.8, 4) is 0 Å². The van der Waals surface area contributed by atoms with Gasteiger partial charge in [0.2, 0.25) is 0 Å². The van der Waals surface area contributed by atoms with Crippen LogP contribution in [0.25, 0.3) is 10.1 Å². The third-order valence-corrected chi connectivity index (χ3v) is 4.04. The van der Waals surface area contributed by atoms with Crippen LogP contribution in [0.2, 0.25) is 0 Å². The highest BCUT2D eigenvalue weighted by Crippen LogP contribution is 2.26. The summed E-state index contributed by atoms with van der Waals surface area (Å²) in [6.07, 6.45) is 0. The third-order valence-electron chi connectivity index (χ3n) is 2.93. The average molecular weight is 267 g/mol. The van der Waals surface area contributed by atoms with Gasteiger partial charge in [-0.1, -0.05) is 30.3 Å². The maximum atomic E-state index is 12.2. The Morgan fingerprint density at radius 1 is 1.05 bits per heavy atom. The molecule has 1 aromatic heterocycles. The van der Waals surface area contributed by atoms with E-state index in [9.17, 15) is 4.79 Å². The van der Waals surface area contributed by atoms with Crippen LogP contribution in [0.3, 0.4) is 0 Å². The molecule has 1 N–H and O–H groups in total. The van der Waals surface area contributed by atoms with Crippen molar-refractivity contribution in [1.82, 2.24) is 0 Å². The summed E-state index contributed by atoms with van der Waals surface area (Å²) in [4.78, 5) is 12.9. The van der Waals surface area contributed by atoms with E-state index in [4.69, 9.17) is 0 Å². The number of thiophene rings is 1. The number of rotatable bonds is 2. The van der Waals surface area contributed by atoms with Gasteiger partial charge < -0.3 is 5.32 Å². The molecule has 0 saturated heterocycles. The van der Waals surface area contributed by atoms with Gasteiger partial charge in [-0.15, -0.1) is 11.3 Å². The van der Waals surface area contributed by atoms with Crippen molar-refractivity contribution in [2.24, 2.45) is 0 Å². The van der Waals surface area contributed by atoms with Crippen molar-refractivity contribution < 1.29 is 4.79 Å². The Bertz CT molecular complexity index is 712. The quantitative estimate of drug-likeness (QED) is 0.729. The fourth-order valence-corrected chi connectivity index (χ4v) is 2.97. The smallest absolute Gasteiger partial charge is 0.265 e. The Hall–Kier alpha value is -2.13. The molecule has 0 unspecified atom stereocenters. The minimum Gasteiger partial charge on any atom is -0.321 e. The first kappa shape index (κ1) is 11.9. The van der Waals surface area contributed by atoms with Crippen LogP contribution in [0.1, 0.15) is 15.2 Å². The van der Waals surface area contributed by atoms with E-state index >= 15 is 0 Å². The molecule has 0 fully saturated rings. The number of carbonyl (C=O) groups is 1. The second kappa shape index (κ2) is 4.86. The summed E-state index contributed by atoms with van der Waals surface area (Å²) >= 11 is 1.52. The fourth-order valence-electron chi connectivity index (χ4n) is 2.01. The van der Waals surface area contributed by atoms with Crippen LogP contribution in [-0.2, 0) is 0 Å². The maximum absolute atomic E-state index is 12.2. The van der Waals surface area contributed by atoms with E-state index < -0.39 is 0 Å². The zero-order chi connectivity index (χ0) is 13.2. The Morgan fingerprint density at radius 2 is 1.89 bits per heavy atom. The molecule has 0 aliphatic heterocycles. The first-order valence-corrected chi connectivity index (χ1v) is 6.90. The van der Waals surface area contributed by atoms with Crippen molar-refractivity contribution in [1.29, 1.82) is 0 Å². The van der Waals surface area contributed by atoms with Crippen molar-refractivity contribution in [3.05, 3.63) is 65.0 Å². The minimum atomic E-state index is -0.0493. The number of carbonyl (C=O) groups excluding carboxylic acids is 1. The predicted molar refractivity (Wildman–Crippen MR) is 81.0 cm³/mol. The van der Waals surface area contributed by atoms with Crippen LogP contribution in [0.4, 0.5) is 5.69 Å². The Balaban J connectivity index is 1.87. The lowest BCUT2D eigenvalue weighted by Crippen LogP contribution is -2.09. The summed E-state index contributed by atoms with van der Waals surface area (Å²) in [6.45, 7) is 2.01. The van der Waals surface area contributed by atoms with Crippen molar-refractivity contribution in [2.45, 2.75) is 6.92 Å². The van der Waals surface area contributed by atoms with Gasteiger partial charge in [0.15, 0.2) is 0 Å². The molecule has 19 heavy (non-hydrogen) atoms. The van der Waals surface area contributed by atoms with Gasteiger partial charge in [-0.25, -0.2) is 0 Å². The van der Waals surface area contributed by atoms with Gasteiger partial charge in [0.1, 0.15) is 0 Å². The predicted octanol–water partition coefficient (Wildman–Crippen LogP) is 4.46. The van der Waals surface area contributed by atoms with E-state index in [-0.39, 0.29) is 5.91 Å². The second-order valence-corrected chi connectivity index (χ2v) is 5.56. The molecule has 0 aliphatic rings. The van der Waals surface area contributed by atoms with Gasteiger partial charge in [-0.2, -0.15) is 0 Å². The highest BCUT2D eigenvalue weighted by atomic mass is 32.1. The SMILES string of the molecule is Cc1cccc(NC(=O)c2cc3ccccc3s2)c1. The molecule has 3 rings (SSSR count). The standard InChI is InChI=1S/C16H13NOS/c1-11-5-4-7-13(9-11)17-16(18)15-10-12-6-2-3-8-14(12)19-15/h2-10H,1H3,(H,17,18). The maximum Gasteiger partial charge on any atom is 0.265 e. The number of anilines is 1. The molecule has 0 saturated carbocycles. The molecule has 0 atom stereocenters. The van der Waals surface area contributed by atoms with Gasteiger partial charge in [-0.05, 0) is 42.1 Å². The molecule has 2 nitrogen and oxygen atoms in total. The number of hydrogen-bond acceptors (Lipinski definition) is 2. The number of amides is 1. The number of nitrogens with one attached hydrogen (secondary N) is 1. The Labute approximate surface area is 115 Å². The number of hydrogen-bond donors (Lipinski definition) is 1. The normalized spacial score (nSPS) is 10.6. The highest BCUT2D eigenvalue weighted by molar-refractivity contribution is 7.20. The van der Waals surface area contributed by atoms with Gasteiger partial charge in [0.25, 0.3) is 5.91 Å². The molecule has 2 aromatic carbocycles. The summed E-state index contributed by atoms with van der Waals surface area (Å²) < 4.78 is 1.14. The Morgan fingerprint density at radius 3 is 2.68 bits per heavy atom. The summed E-state index contributed by atoms with van der Waals surface area (Å²) in [5, 5.41) is 4.04. The molecular weight excluding hydrogens is 254 g/mol. The van der Waals surface area contributed by atoms with Crippen LogP contribution >= 0.6 is 11.3 Å². The lowest BCUT2D eigenvalue weighted by molar-refractivity contribution is 0.103. The molecule has 94 valence electrons. The molecule has 1 amide bonds. The Kier molecular flexibility index (Phi) is 3.05. The van der Waals surface area contributed by atoms with E-state index in [2.05, 4.69) is 5.32 Å². The zero-order valence-corrected chi connectivity index (χ0v) is 11.3. The number of fused-ring (bicyclic) bond motifs is 1. The largest absolute Gasteiger partial charge is 0.321 e. The molecule has 0 spiro atoms. The molecule has 3 heteroatoms. The van der Waals surface area contributed by atoms with E-state index in [0.29, 0.717) is 0 Å². The molecule has 0 radical (unpaired) electrons. The number of benzene rings is 2. The fraction of sp³-hybridized carbons (Fsp3) is 0.0625. The van der Waals surface area contributed by atoms with E-state index in [0.717, 1.165) is 26.2 Å². The summed E-state index contributed by atoms with van der Waals surface area (Å²) in [5.74, 6) is -0.0493. The van der Waals surface area contributed by atoms with Gasteiger partial charge in [-0.3, -0.25) is 4.79 Å². The van der Waals surface area contributed by atoms with Crippen molar-refractivity contribution in [3.63, 3.8) is 0 Å². The van der Waals surface area contributed by atoms with Gasteiger partial charge in [0.05, 0.1) is 4.88 Å². The topological polar surface area (TPSA) is 29.1 Å². The summed E-state index contributed by atoms with van der Waals surface area (Å²) in [7, 11) is 0. The van der Waals surface area contributed by atoms with Crippen LogP contribution in [-0.4, -0.2) is 5.91 Å². The number of aryl methyl sites for hydroxylation is 1. The lowest BCUT2D eigenvalue weighted by Gasteiger charge is -2.03. The van der Waals surface area contributed by atoms with Gasteiger partial charge >= 0.3 is 0 Å². The molecule has 1 heterocycles. The second-order valence-electron chi connectivity index (χ2n) is 4.47. The van der Waals surface area contributed by atoms with Crippen LogP contribution in [0, 0.1) is 6.92 Å². The molecule has 3 aromatic rings. The first-order chi connectivity index (χ1) is 9.22. The lowest BCUT2D eigenvalue weighted by atomic mass is 10.2. The van der Waals surface area contributed by atoms with Crippen LogP contribution < -0.4 is 5.32 Å². The van der Waals surface area contributed by atoms with Crippen LogP contribution in [0.5, 0.6) is 0 Å². The van der Waals surface area contributed by atoms with Gasteiger partial charge in [0, 0.05) is 10.4 Å².